The number of hydrogen-bond donors (Lipinski definition) is 0. The topological polar surface area (TPSA) is 38.9 Å². The third kappa shape index (κ3) is 1.97. The third-order valence-corrected chi connectivity index (χ3v) is 5.19. The van der Waals surface area contributed by atoms with Crippen LogP contribution in [-0.2, 0) is 0 Å². The molecule has 0 saturated carbocycles. The fourth-order valence-corrected chi connectivity index (χ4v) is 4.09. The molecule has 0 N–H and O–H groups in total. The highest BCUT2D eigenvalue weighted by Crippen LogP contribution is 2.51. The molecule has 2 heterocycles. The number of aromatic nitrogens is 2. The molecule has 0 radical (unpaired) electrons. The SMILES string of the molecule is c1cnc(-c2oc3cccc4c3c2-c2ccccc2-c2ccccc2-4)nc1. The summed E-state index contributed by atoms with van der Waals surface area (Å²) in [6.45, 7) is 0. The quantitative estimate of drug-likeness (QED) is 0.355. The van der Waals surface area contributed by atoms with Gasteiger partial charge in [-0.15, -0.1) is 0 Å². The average molecular weight is 346 g/mol. The van der Waals surface area contributed by atoms with Gasteiger partial charge in [-0.3, -0.25) is 0 Å². The lowest BCUT2D eigenvalue weighted by Gasteiger charge is -2.10. The minimum Gasteiger partial charge on any atom is -0.452 e. The fourth-order valence-electron chi connectivity index (χ4n) is 4.09. The van der Waals surface area contributed by atoms with Crippen LogP contribution < -0.4 is 0 Å². The zero-order valence-electron chi connectivity index (χ0n) is 14.4. The molecule has 0 saturated heterocycles. The maximum absolute atomic E-state index is 6.30. The Balaban J connectivity index is 1.86. The van der Waals surface area contributed by atoms with Crippen LogP contribution in [0.3, 0.4) is 0 Å². The number of fused-ring (bicyclic) bond motifs is 5. The molecule has 6 rings (SSSR count). The summed E-state index contributed by atoms with van der Waals surface area (Å²) in [5, 5.41) is 1.12. The highest BCUT2D eigenvalue weighted by molar-refractivity contribution is 6.15. The van der Waals surface area contributed by atoms with Gasteiger partial charge in [0.1, 0.15) is 5.58 Å². The zero-order valence-corrected chi connectivity index (χ0v) is 14.4. The molecule has 27 heavy (non-hydrogen) atoms. The van der Waals surface area contributed by atoms with Gasteiger partial charge in [0.25, 0.3) is 0 Å². The van der Waals surface area contributed by atoms with Crippen molar-refractivity contribution in [2.75, 3.05) is 0 Å². The monoisotopic (exact) mass is 346 g/mol. The summed E-state index contributed by atoms with van der Waals surface area (Å²) in [5.74, 6) is 1.33. The minimum atomic E-state index is 0.607. The standard InChI is InChI=1S/C24H14N2O/c1-2-8-16-15(7-1)17-9-3-4-10-19(17)22-21-18(16)11-5-12-20(21)27-23(22)24-25-13-6-14-26-24/h1-14H. The molecule has 3 nitrogen and oxygen atoms in total. The second kappa shape index (κ2) is 5.39. The van der Waals surface area contributed by atoms with Gasteiger partial charge in [0.15, 0.2) is 11.6 Å². The number of benzene rings is 3. The van der Waals surface area contributed by atoms with E-state index in [1.807, 2.05) is 18.2 Å². The molecule has 1 aliphatic carbocycles. The molecule has 3 heteroatoms. The van der Waals surface area contributed by atoms with Crippen molar-refractivity contribution in [3.05, 3.63) is 85.2 Å². The lowest BCUT2D eigenvalue weighted by Crippen LogP contribution is -1.89. The average Bonchev–Trinajstić information content (AvgIpc) is 3.08. The van der Waals surface area contributed by atoms with Gasteiger partial charge >= 0.3 is 0 Å². The van der Waals surface area contributed by atoms with Crippen molar-refractivity contribution in [3.8, 4) is 45.0 Å². The van der Waals surface area contributed by atoms with E-state index in [2.05, 4.69) is 64.6 Å². The molecule has 0 unspecified atom stereocenters. The first-order valence-electron chi connectivity index (χ1n) is 8.94. The second-order valence-electron chi connectivity index (χ2n) is 6.65. The molecule has 3 aromatic carbocycles. The number of furan rings is 1. The molecule has 0 spiro atoms. The van der Waals surface area contributed by atoms with Crippen LogP contribution in [0.25, 0.3) is 55.9 Å². The van der Waals surface area contributed by atoms with E-state index in [-0.39, 0.29) is 0 Å². The molecule has 5 aromatic rings. The van der Waals surface area contributed by atoms with Crippen LogP contribution in [0.5, 0.6) is 0 Å². The summed E-state index contributed by atoms with van der Waals surface area (Å²) >= 11 is 0. The Morgan fingerprint density at radius 2 is 1.15 bits per heavy atom. The van der Waals surface area contributed by atoms with E-state index in [0.29, 0.717) is 5.82 Å². The van der Waals surface area contributed by atoms with Crippen LogP contribution in [0.4, 0.5) is 0 Å². The van der Waals surface area contributed by atoms with Crippen LogP contribution in [0.2, 0.25) is 0 Å². The van der Waals surface area contributed by atoms with Crippen molar-refractivity contribution < 1.29 is 4.42 Å². The Labute approximate surface area is 156 Å². The van der Waals surface area contributed by atoms with Crippen molar-refractivity contribution >= 4 is 11.0 Å². The molecule has 0 fully saturated rings. The van der Waals surface area contributed by atoms with Gasteiger partial charge in [-0.1, -0.05) is 60.7 Å². The Hall–Kier alpha value is -3.72. The summed E-state index contributed by atoms with van der Waals surface area (Å²) in [6.07, 6.45) is 3.50. The summed E-state index contributed by atoms with van der Waals surface area (Å²) in [7, 11) is 0. The van der Waals surface area contributed by atoms with Gasteiger partial charge in [-0.05, 0) is 39.9 Å². The molecule has 126 valence electrons. The van der Waals surface area contributed by atoms with Gasteiger partial charge in [-0.25, -0.2) is 9.97 Å². The van der Waals surface area contributed by atoms with Crippen LogP contribution in [0.15, 0.2) is 89.6 Å². The Bertz CT molecular complexity index is 1320. The van der Waals surface area contributed by atoms with Crippen molar-refractivity contribution in [1.82, 2.24) is 9.97 Å². The second-order valence-corrected chi connectivity index (χ2v) is 6.65. The predicted molar refractivity (Wildman–Crippen MR) is 107 cm³/mol. The first-order chi connectivity index (χ1) is 13.4. The molecule has 0 amide bonds. The van der Waals surface area contributed by atoms with E-state index in [1.54, 1.807) is 12.4 Å². The van der Waals surface area contributed by atoms with Crippen LogP contribution in [0.1, 0.15) is 0 Å². The number of rotatable bonds is 1. The van der Waals surface area contributed by atoms with E-state index in [1.165, 1.54) is 22.3 Å². The zero-order chi connectivity index (χ0) is 17.8. The molecule has 0 bridgehead atoms. The van der Waals surface area contributed by atoms with Gasteiger partial charge in [-0.2, -0.15) is 0 Å². The molecule has 1 aliphatic rings. The molecule has 0 aliphatic heterocycles. The molecule has 0 atom stereocenters. The van der Waals surface area contributed by atoms with Gasteiger partial charge in [0, 0.05) is 23.3 Å². The van der Waals surface area contributed by atoms with E-state index in [9.17, 15) is 0 Å². The Morgan fingerprint density at radius 1 is 0.556 bits per heavy atom. The number of nitrogens with zero attached hydrogens (tertiary/aromatic N) is 2. The van der Waals surface area contributed by atoms with Gasteiger partial charge < -0.3 is 4.42 Å². The maximum atomic E-state index is 6.30. The summed E-state index contributed by atoms with van der Waals surface area (Å²) in [4.78, 5) is 8.91. The third-order valence-electron chi connectivity index (χ3n) is 5.19. The van der Waals surface area contributed by atoms with Crippen LogP contribution in [0, 0.1) is 0 Å². The predicted octanol–water partition coefficient (Wildman–Crippen LogP) is 6.20. The van der Waals surface area contributed by atoms with Gasteiger partial charge in [0.05, 0.1) is 0 Å². The Morgan fingerprint density at radius 3 is 1.89 bits per heavy atom. The largest absolute Gasteiger partial charge is 0.452 e. The Kier molecular flexibility index (Phi) is 2.88. The van der Waals surface area contributed by atoms with Crippen molar-refractivity contribution in [3.63, 3.8) is 0 Å². The highest BCUT2D eigenvalue weighted by Gasteiger charge is 2.27. The van der Waals surface area contributed by atoms with E-state index < -0.39 is 0 Å². The smallest absolute Gasteiger partial charge is 0.196 e. The molecule has 2 aromatic heterocycles. The molecular weight excluding hydrogens is 332 g/mol. The van der Waals surface area contributed by atoms with Crippen molar-refractivity contribution in [1.29, 1.82) is 0 Å². The summed E-state index contributed by atoms with van der Waals surface area (Å²) in [5.41, 5.74) is 7.91. The van der Waals surface area contributed by atoms with Crippen molar-refractivity contribution in [2.45, 2.75) is 0 Å². The van der Waals surface area contributed by atoms with E-state index in [0.717, 1.165) is 27.9 Å². The van der Waals surface area contributed by atoms with Gasteiger partial charge in [0.2, 0.25) is 0 Å². The first kappa shape index (κ1) is 14.4. The minimum absolute atomic E-state index is 0.607. The number of hydrogen-bond acceptors (Lipinski definition) is 3. The van der Waals surface area contributed by atoms with Crippen LogP contribution in [-0.4, -0.2) is 9.97 Å². The van der Waals surface area contributed by atoms with E-state index in [4.69, 9.17) is 4.42 Å². The first-order valence-corrected chi connectivity index (χ1v) is 8.94. The lowest BCUT2D eigenvalue weighted by atomic mass is 9.94. The highest BCUT2D eigenvalue weighted by atomic mass is 16.3. The fraction of sp³-hybridized carbons (Fsp3) is 0. The maximum Gasteiger partial charge on any atom is 0.196 e. The lowest BCUT2D eigenvalue weighted by molar-refractivity contribution is 0.626. The van der Waals surface area contributed by atoms with Crippen molar-refractivity contribution in [2.24, 2.45) is 0 Å². The van der Waals surface area contributed by atoms with Crippen LogP contribution >= 0.6 is 0 Å². The summed E-state index contributed by atoms with van der Waals surface area (Å²) < 4.78 is 6.30. The van der Waals surface area contributed by atoms with E-state index >= 15 is 0 Å². The molecular formula is C24H14N2O. The normalized spacial score (nSPS) is 11.7. The summed E-state index contributed by atoms with van der Waals surface area (Å²) in [6, 6.07) is 25.1.